The van der Waals surface area contributed by atoms with Gasteiger partial charge in [-0.2, -0.15) is 0 Å². The Morgan fingerprint density at radius 3 is 1.53 bits per heavy atom. The zero-order valence-corrected chi connectivity index (χ0v) is 14.7. The zero-order valence-electron chi connectivity index (χ0n) is 14.7. The molecular weight excluding hydrogens is 232 g/mol. The minimum atomic E-state index is -0.421. The highest BCUT2D eigenvalue weighted by Gasteiger charge is 2.42. The Labute approximate surface area is 122 Å². The van der Waals surface area contributed by atoms with Crippen LogP contribution in [0.25, 0.3) is 0 Å². The quantitative estimate of drug-likeness (QED) is 0.482. The minimum absolute atomic E-state index is 0.164. The fraction of sp³-hybridized carbons (Fsp3) is 1.00. The molecule has 0 spiro atoms. The van der Waals surface area contributed by atoms with Crippen molar-refractivity contribution in [2.75, 3.05) is 0 Å². The van der Waals surface area contributed by atoms with Crippen molar-refractivity contribution < 1.29 is 5.11 Å². The van der Waals surface area contributed by atoms with Crippen molar-refractivity contribution in [2.45, 2.75) is 93.6 Å². The van der Waals surface area contributed by atoms with Crippen LogP contribution < -0.4 is 0 Å². The normalized spacial score (nSPS) is 18.2. The first-order valence-corrected chi connectivity index (χ1v) is 8.33. The molecular formula is C18H37O. The third-order valence-electron chi connectivity index (χ3n) is 5.66. The first-order chi connectivity index (χ1) is 8.67. The van der Waals surface area contributed by atoms with E-state index in [0.29, 0.717) is 11.8 Å². The van der Waals surface area contributed by atoms with E-state index < -0.39 is 6.10 Å². The summed E-state index contributed by atoms with van der Waals surface area (Å²) < 4.78 is 0. The van der Waals surface area contributed by atoms with Gasteiger partial charge in [0, 0.05) is 0 Å². The smallest absolute Gasteiger partial charge is 0.0996 e. The van der Waals surface area contributed by atoms with E-state index in [-0.39, 0.29) is 10.8 Å². The Morgan fingerprint density at radius 1 is 0.789 bits per heavy atom. The maximum atomic E-state index is 13.2. The Morgan fingerprint density at radius 2 is 1.21 bits per heavy atom. The van der Waals surface area contributed by atoms with Gasteiger partial charge in [0.2, 0.25) is 0 Å². The molecule has 3 atom stereocenters. The van der Waals surface area contributed by atoms with Crippen LogP contribution in [-0.2, 0) is 5.11 Å². The number of rotatable bonds is 9. The number of hydrogen-bond acceptors (Lipinski definition) is 0. The minimum Gasteiger partial charge on any atom is -0.232 e. The molecule has 0 N–H and O–H groups in total. The van der Waals surface area contributed by atoms with Crippen LogP contribution in [0.3, 0.4) is 0 Å². The molecule has 0 aliphatic carbocycles. The molecule has 1 heteroatoms. The van der Waals surface area contributed by atoms with Gasteiger partial charge in [-0.25, -0.2) is 5.11 Å². The predicted octanol–water partition coefficient (Wildman–Crippen LogP) is 6.10. The van der Waals surface area contributed by atoms with Crippen LogP contribution in [0, 0.1) is 22.7 Å². The summed E-state index contributed by atoms with van der Waals surface area (Å²) in [4.78, 5) is 0. The van der Waals surface area contributed by atoms with Gasteiger partial charge in [-0.3, -0.25) is 0 Å². The highest BCUT2D eigenvalue weighted by molar-refractivity contribution is 4.90. The van der Waals surface area contributed by atoms with Crippen molar-refractivity contribution in [3.05, 3.63) is 0 Å². The van der Waals surface area contributed by atoms with E-state index >= 15 is 0 Å². The summed E-state index contributed by atoms with van der Waals surface area (Å²) in [6.07, 6.45) is 4.97. The second-order valence-corrected chi connectivity index (χ2v) is 7.56. The van der Waals surface area contributed by atoms with E-state index in [9.17, 15) is 5.11 Å². The van der Waals surface area contributed by atoms with E-state index in [1.54, 1.807) is 0 Å². The first kappa shape index (κ1) is 19.0. The molecule has 1 radical (unpaired) electrons. The monoisotopic (exact) mass is 269 g/mol. The maximum absolute atomic E-state index is 13.2. The molecule has 1 nitrogen and oxygen atoms in total. The fourth-order valence-electron chi connectivity index (χ4n) is 3.35. The van der Waals surface area contributed by atoms with E-state index in [2.05, 4.69) is 55.4 Å². The lowest BCUT2D eigenvalue weighted by Crippen LogP contribution is -2.42. The van der Waals surface area contributed by atoms with E-state index in [4.69, 9.17) is 0 Å². The van der Waals surface area contributed by atoms with Gasteiger partial charge in [-0.05, 0) is 29.1 Å². The second kappa shape index (κ2) is 7.67. The van der Waals surface area contributed by atoms with Gasteiger partial charge in [0.25, 0.3) is 0 Å². The molecule has 0 saturated heterocycles. The number of hydrogen-bond donors (Lipinski definition) is 0. The van der Waals surface area contributed by atoms with Gasteiger partial charge < -0.3 is 0 Å². The molecule has 115 valence electrons. The van der Waals surface area contributed by atoms with Gasteiger partial charge in [0.1, 0.15) is 0 Å². The third-order valence-corrected chi connectivity index (χ3v) is 5.66. The van der Waals surface area contributed by atoms with Crippen LogP contribution in [0.4, 0.5) is 0 Å². The van der Waals surface area contributed by atoms with Gasteiger partial charge in [-0.1, -0.05) is 81.1 Å². The summed E-state index contributed by atoms with van der Waals surface area (Å²) in [7, 11) is 0. The summed E-state index contributed by atoms with van der Waals surface area (Å²) in [5.74, 6) is 0.596. The molecule has 0 amide bonds. The summed E-state index contributed by atoms with van der Waals surface area (Å²) in [5.41, 5.74) is 0.330. The Hall–Kier alpha value is -0.0400. The Bertz CT molecular complexity index is 242. The lowest BCUT2D eigenvalue weighted by molar-refractivity contribution is -0.0912. The van der Waals surface area contributed by atoms with Crippen molar-refractivity contribution in [3.8, 4) is 0 Å². The summed E-state index contributed by atoms with van der Waals surface area (Å²) >= 11 is 0. The standard InChI is InChI=1S/C18H37O/c1-9-13-15(18(7,8)12-4)16(19)14(10-2)17(5,6)11-3/h14-16H,9-13H2,1-8H3. The van der Waals surface area contributed by atoms with E-state index in [0.717, 1.165) is 32.1 Å². The molecule has 0 aromatic heterocycles. The summed E-state index contributed by atoms with van der Waals surface area (Å²) in [6.45, 7) is 17.9. The Kier molecular flexibility index (Phi) is 7.65. The van der Waals surface area contributed by atoms with Crippen molar-refractivity contribution >= 4 is 0 Å². The Balaban J connectivity index is 5.22. The fourth-order valence-corrected chi connectivity index (χ4v) is 3.35. The predicted molar refractivity (Wildman–Crippen MR) is 84.8 cm³/mol. The lowest BCUT2D eigenvalue weighted by Gasteiger charge is -2.43. The first-order valence-electron chi connectivity index (χ1n) is 8.33. The van der Waals surface area contributed by atoms with Crippen molar-refractivity contribution in [1.82, 2.24) is 0 Å². The van der Waals surface area contributed by atoms with Crippen molar-refractivity contribution in [2.24, 2.45) is 22.7 Å². The molecule has 0 rings (SSSR count). The van der Waals surface area contributed by atoms with Gasteiger partial charge in [0.15, 0.2) is 0 Å². The van der Waals surface area contributed by atoms with Crippen LogP contribution in [-0.4, -0.2) is 6.10 Å². The molecule has 0 aromatic rings. The average molecular weight is 269 g/mol. The van der Waals surface area contributed by atoms with Crippen molar-refractivity contribution in [3.63, 3.8) is 0 Å². The van der Waals surface area contributed by atoms with Crippen LogP contribution in [0.1, 0.15) is 87.5 Å². The highest BCUT2D eigenvalue weighted by Crippen LogP contribution is 2.44. The lowest BCUT2D eigenvalue weighted by atomic mass is 9.63. The average Bonchev–Trinajstić information content (AvgIpc) is 2.35. The SMILES string of the molecule is CCCC(C([O])C(CC)C(C)(C)CC)C(C)(C)CC. The molecule has 0 saturated carbocycles. The summed E-state index contributed by atoms with van der Waals surface area (Å²) in [6, 6.07) is 0. The van der Waals surface area contributed by atoms with Gasteiger partial charge in [0.05, 0.1) is 6.10 Å². The van der Waals surface area contributed by atoms with Gasteiger partial charge >= 0.3 is 0 Å². The highest BCUT2D eigenvalue weighted by atomic mass is 16.3. The summed E-state index contributed by atoms with van der Waals surface area (Å²) in [5, 5.41) is 13.2. The molecule has 3 unspecified atom stereocenters. The van der Waals surface area contributed by atoms with E-state index in [1.807, 2.05) is 0 Å². The van der Waals surface area contributed by atoms with Crippen LogP contribution in [0.2, 0.25) is 0 Å². The molecule has 0 heterocycles. The molecule has 19 heavy (non-hydrogen) atoms. The largest absolute Gasteiger partial charge is 0.232 e. The van der Waals surface area contributed by atoms with Crippen LogP contribution >= 0.6 is 0 Å². The molecule has 0 bridgehead atoms. The van der Waals surface area contributed by atoms with E-state index in [1.165, 1.54) is 0 Å². The topological polar surface area (TPSA) is 19.9 Å². The zero-order chi connectivity index (χ0) is 15.3. The molecule has 0 aromatic carbocycles. The van der Waals surface area contributed by atoms with Gasteiger partial charge in [-0.15, -0.1) is 0 Å². The maximum Gasteiger partial charge on any atom is 0.0996 e. The third kappa shape index (κ3) is 4.77. The second-order valence-electron chi connectivity index (χ2n) is 7.56. The van der Waals surface area contributed by atoms with Crippen molar-refractivity contribution in [1.29, 1.82) is 0 Å². The molecule has 0 aliphatic rings. The van der Waals surface area contributed by atoms with Crippen LogP contribution in [0.5, 0.6) is 0 Å². The molecule has 0 aliphatic heterocycles. The molecule has 0 fully saturated rings. The van der Waals surface area contributed by atoms with Crippen LogP contribution in [0.15, 0.2) is 0 Å².